The van der Waals surface area contributed by atoms with Gasteiger partial charge in [0.15, 0.2) is 4.91 Å². The zero-order valence-electron chi connectivity index (χ0n) is 14.9. The molecule has 0 saturated carbocycles. The standard InChI is InChI=1S/C20H19ClN2O3S/c1-22-17-10-9-15(21)13-16(17)18(14-7-3-2-4-8-14)19(27(22,25)26)20(24)23-11-5-6-12-23/h2-4,7-10,13H,5-6,11-12H2,1H3. The highest BCUT2D eigenvalue weighted by molar-refractivity contribution is 7.97. The van der Waals surface area contributed by atoms with E-state index in [1.54, 1.807) is 23.1 Å². The minimum atomic E-state index is -3.98. The summed E-state index contributed by atoms with van der Waals surface area (Å²) in [6.07, 6.45) is 1.77. The third-order valence-electron chi connectivity index (χ3n) is 5.06. The van der Waals surface area contributed by atoms with E-state index in [9.17, 15) is 13.2 Å². The molecular weight excluding hydrogens is 384 g/mol. The molecule has 2 heterocycles. The van der Waals surface area contributed by atoms with Gasteiger partial charge in [-0.05, 0) is 36.6 Å². The molecule has 4 rings (SSSR count). The fourth-order valence-electron chi connectivity index (χ4n) is 3.67. The molecule has 0 spiro atoms. The molecule has 2 aromatic rings. The van der Waals surface area contributed by atoms with Crippen LogP contribution in [0.25, 0.3) is 5.57 Å². The molecule has 2 aromatic carbocycles. The monoisotopic (exact) mass is 402 g/mol. The van der Waals surface area contributed by atoms with E-state index in [1.807, 2.05) is 30.3 Å². The molecule has 7 heteroatoms. The van der Waals surface area contributed by atoms with Crippen LogP contribution in [-0.4, -0.2) is 39.4 Å². The minimum absolute atomic E-state index is 0.173. The lowest BCUT2D eigenvalue weighted by Crippen LogP contribution is -2.40. The predicted molar refractivity (Wildman–Crippen MR) is 107 cm³/mol. The van der Waals surface area contributed by atoms with Crippen molar-refractivity contribution in [3.63, 3.8) is 0 Å². The van der Waals surface area contributed by atoms with Gasteiger partial charge in [0.1, 0.15) is 0 Å². The zero-order chi connectivity index (χ0) is 19.2. The van der Waals surface area contributed by atoms with Crippen molar-refractivity contribution in [2.75, 3.05) is 24.4 Å². The van der Waals surface area contributed by atoms with Crippen LogP contribution < -0.4 is 4.31 Å². The van der Waals surface area contributed by atoms with Gasteiger partial charge in [-0.3, -0.25) is 9.10 Å². The molecule has 0 radical (unpaired) electrons. The number of likely N-dealkylation sites (tertiary alicyclic amines) is 1. The summed E-state index contributed by atoms with van der Waals surface area (Å²) in [5.74, 6) is -0.441. The SMILES string of the molecule is CN1c2ccc(Cl)cc2C(c2ccccc2)=C(C(=O)N2CCCC2)S1(=O)=O. The van der Waals surface area contributed by atoms with Gasteiger partial charge in [-0.25, -0.2) is 8.42 Å². The van der Waals surface area contributed by atoms with Crippen LogP contribution in [0.15, 0.2) is 53.4 Å². The number of nitrogens with zero attached hydrogens (tertiary/aromatic N) is 2. The molecule has 1 saturated heterocycles. The molecule has 2 aliphatic rings. The number of sulfonamides is 1. The second-order valence-electron chi connectivity index (χ2n) is 6.70. The summed E-state index contributed by atoms with van der Waals surface area (Å²) in [4.78, 5) is 14.7. The third kappa shape index (κ3) is 2.93. The Balaban J connectivity index is 2.07. The highest BCUT2D eigenvalue weighted by Gasteiger charge is 2.41. The fraction of sp³-hybridized carbons (Fsp3) is 0.250. The van der Waals surface area contributed by atoms with E-state index in [4.69, 9.17) is 11.6 Å². The maximum Gasteiger partial charge on any atom is 0.270 e. The largest absolute Gasteiger partial charge is 0.338 e. The lowest BCUT2D eigenvalue weighted by Gasteiger charge is -2.32. The van der Waals surface area contributed by atoms with Gasteiger partial charge in [0.2, 0.25) is 0 Å². The highest BCUT2D eigenvalue weighted by Crippen LogP contribution is 2.43. The Morgan fingerprint density at radius 2 is 1.70 bits per heavy atom. The Morgan fingerprint density at radius 3 is 2.37 bits per heavy atom. The molecule has 1 amide bonds. The lowest BCUT2D eigenvalue weighted by molar-refractivity contribution is -0.125. The number of rotatable bonds is 2. The van der Waals surface area contributed by atoms with E-state index < -0.39 is 15.9 Å². The molecule has 140 valence electrons. The van der Waals surface area contributed by atoms with Gasteiger partial charge in [-0.2, -0.15) is 0 Å². The van der Waals surface area contributed by atoms with E-state index in [2.05, 4.69) is 0 Å². The Morgan fingerprint density at radius 1 is 1.04 bits per heavy atom. The Hall–Kier alpha value is -2.31. The number of halogens is 1. The maximum atomic E-state index is 13.3. The van der Waals surface area contributed by atoms with Gasteiger partial charge in [-0.15, -0.1) is 0 Å². The Bertz CT molecular complexity index is 1040. The quantitative estimate of drug-likeness (QED) is 0.772. The molecular formula is C20H19ClN2O3S. The number of benzene rings is 2. The Labute approximate surface area is 163 Å². The van der Waals surface area contributed by atoms with Crippen LogP contribution in [0, 0.1) is 0 Å². The first-order chi connectivity index (χ1) is 12.9. The first-order valence-corrected chi connectivity index (χ1v) is 10.6. The van der Waals surface area contributed by atoms with E-state index >= 15 is 0 Å². The van der Waals surface area contributed by atoms with E-state index in [-0.39, 0.29) is 4.91 Å². The number of amides is 1. The van der Waals surface area contributed by atoms with Gasteiger partial charge in [-0.1, -0.05) is 41.9 Å². The van der Waals surface area contributed by atoms with Crippen LogP contribution in [0.1, 0.15) is 24.0 Å². The van der Waals surface area contributed by atoms with Crippen LogP contribution in [0.4, 0.5) is 5.69 Å². The normalized spacial score (nSPS) is 18.6. The van der Waals surface area contributed by atoms with Crippen LogP contribution >= 0.6 is 11.6 Å². The summed E-state index contributed by atoms with van der Waals surface area (Å²) in [6, 6.07) is 14.2. The molecule has 2 aliphatic heterocycles. The molecule has 0 unspecified atom stereocenters. The number of anilines is 1. The maximum absolute atomic E-state index is 13.3. The average Bonchev–Trinajstić information content (AvgIpc) is 3.19. The van der Waals surface area contributed by atoms with Crippen molar-refractivity contribution in [2.24, 2.45) is 0 Å². The average molecular weight is 403 g/mol. The van der Waals surface area contributed by atoms with Gasteiger partial charge in [0.25, 0.3) is 15.9 Å². The zero-order valence-corrected chi connectivity index (χ0v) is 16.4. The van der Waals surface area contributed by atoms with Gasteiger partial charge in [0.05, 0.1) is 5.69 Å². The molecule has 0 bridgehead atoms. The summed E-state index contributed by atoms with van der Waals surface area (Å²) in [5, 5.41) is 0.489. The van der Waals surface area contributed by atoms with Crippen molar-refractivity contribution in [1.82, 2.24) is 4.90 Å². The van der Waals surface area contributed by atoms with Gasteiger partial charge < -0.3 is 4.90 Å². The summed E-state index contributed by atoms with van der Waals surface area (Å²) >= 11 is 6.22. The Kier molecular flexibility index (Phi) is 4.48. The fourth-order valence-corrected chi connectivity index (χ4v) is 5.37. The van der Waals surface area contributed by atoms with E-state index in [0.29, 0.717) is 40.5 Å². The number of hydrogen-bond acceptors (Lipinski definition) is 3. The molecule has 27 heavy (non-hydrogen) atoms. The van der Waals surface area contributed by atoms with Crippen molar-refractivity contribution >= 4 is 38.8 Å². The molecule has 0 N–H and O–H groups in total. The van der Waals surface area contributed by atoms with Gasteiger partial charge >= 0.3 is 0 Å². The van der Waals surface area contributed by atoms with Crippen molar-refractivity contribution in [2.45, 2.75) is 12.8 Å². The van der Waals surface area contributed by atoms with Crippen molar-refractivity contribution in [3.8, 4) is 0 Å². The summed E-state index contributed by atoms with van der Waals surface area (Å²) in [5.41, 5.74) is 2.26. The predicted octanol–water partition coefficient (Wildman–Crippen LogP) is 3.50. The summed E-state index contributed by atoms with van der Waals surface area (Å²) in [6.45, 7) is 1.15. The summed E-state index contributed by atoms with van der Waals surface area (Å²) in [7, 11) is -2.51. The number of carbonyl (C=O) groups is 1. The van der Waals surface area contributed by atoms with Crippen LogP contribution in [0.5, 0.6) is 0 Å². The first kappa shape index (κ1) is 18.1. The second kappa shape index (κ2) is 6.69. The number of hydrogen-bond donors (Lipinski definition) is 0. The topological polar surface area (TPSA) is 57.7 Å². The van der Waals surface area contributed by atoms with Gasteiger partial charge in [0, 0.05) is 36.3 Å². The van der Waals surface area contributed by atoms with Crippen molar-refractivity contribution < 1.29 is 13.2 Å². The minimum Gasteiger partial charge on any atom is -0.338 e. The van der Waals surface area contributed by atoms with Crippen molar-refractivity contribution in [1.29, 1.82) is 0 Å². The number of carbonyl (C=O) groups excluding carboxylic acids is 1. The smallest absolute Gasteiger partial charge is 0.270 e. The molecule has 1 fully saturated rings. The summed E-state index contributed by atoms with van der Waals surface area (Å²) < 4.78 is 27.8. The van der Waals surface area contributed by atoms with E-state index in [1.165, 1.54) is 11.4 Å². The second-order valence-corrected chi connectivity index (χ2v) is 9.05. The van der Waals surface area contributed by atoms with Crippen LogP contribution in [-0.2, 0) is 14.8 Å². The van der Waals surface area contributed by atoms with Crippen LogP contribution in [0.2, 0.25) is 5.02 Å². The molecule has 5 nitrogen and oxygen atoms in total. The molecule has 0 atom stereocenters. The van der Waals surface area contributed by atoms with E-state index in [0.717, 1.165) is 12.8 Å². The van der Waals surface area contributed by atoms with Crippen LogP contribution in [0.3, 0.4) is 0 Å². The molecule has 0 aliphatic carbocycles. The van der Waals surface area contributed by atoms with Crippen molar-refractivity contribution in [3.05, 3.63) is 69.6 Å². The lowest BCUT2D eigenvalue weighted by atomic mass is 9.95. The number of fused-ring (bicyclic) bond motifs is 1. The third-order valence-corrected chi connectivity index (χ3v) is 7.11. The first-order valence-electron chi connectivity index (χ1n) is 8.79. The highest BCUT2D eigenvalue weighted by atomic mass is 35.5. The molecule has 0 aromatic heterocycles.